The molecule has 2 aromatic carbocycles. The first-order valence-corrected chi connectivity index (χ1v) is 9.12. The molecule has 0 atom stereocenters. The second-order valence-electron chi connectivity index (χ2n) is 5.30. The summed E-state index contributed by atoms with van der Waals surface area (Å²) in [5.74, 6) is 0.646. The zero-order chi connectivity index (χ0) is 17.8. The molecule has 5 nitrogen and oxygen atoms in total. The van der Waals surface area contributed by atoms with Gasteiger partial charge in [-0.05, 0) is 31.2 Å². The molecule has 0 unspecified atom stereocenters. The van der Waals surface area contributed by atoms with E-state index in [2.05, 4.69) is 20.5 Å². The molecule has 0 saturated carbocycles. The number of benzene rings is 2. The van der Waals surface area contributed by atoms with E-state index in [4.69, 9.17) is 23.2 Å². The maximum atomic E-state index is 12.1. The van der Waals surface area contributed by atoms with Crippen molar-refractivity contribution < 1.29 is 4.79 Å². The molecule has 0 spiro atoms. The van der Waals surface area contributed by atoms with E-state index in [1.165, 1.54) is 11.8 Å². The molecule has 0 aliphatic rings. The molecule has 2 N–H and O–H groups in total. The third-order valence-corrected chi connectivity index (χ3v) is 4.69. The summed E-state index contributed by atoms with van der Waals surface area (Å²) in [4.78, 5) is 16.5. The number of hydrogen-bond donors (Lipinski definition) is 2. The van der Waals surface area contributed by atoms with Crippen molar-refractivity contribution in [1.29, 1.82) is 0 Å². The minimum absolute atomic E-state index is 0.171. The maximum absolute atomic E-state index is 12.1. The lowest BCUT2D eigenvalue weighted by atomic mass is 10.1. The summed E-state index contributed by atoms with van der Waals surface area (Å²) < 4.78 is 0. The second-order valence-corrected chi connectivity index (χ2v) is 7.08. The molecule has 0 radical (unpaired) electrons. The van der Waals surface area contributed by atoms with Gasteiger partial charge in [0.2, 0.25) is 11.1 Å². The molecule has 128 valence electrons. The van der Waals surface area contributed by atoms with E-state index < -0.39 is 0 Å². The molecule has 0 aliphatic carbocycles. The summed E-state index contributed by atoms with van der Waals surface area (Å²) in [6, 6.07) is 12.9. The topological polar surface area (TPSA) is 70.7 Å². The SMILES string of the molecule is Cc1cccc(-c2nc(SCC(=O)Nc3ccc(Cl)cc3Cl)n[nH]2)c1. The highest BCUT2D eigenvalue weighted by Crippen LogP contribution is 2.26. The Kier molecular flexibility index (Phi) is 5.63. The predicted octanol–water partition coefficient (Wildman–Crippen LogP) is 4.82. The highest BCUT2D eigenvalue weighted by molar-refractivity contribution is 7.99. The molecular weight excluding hydrogens is 379 g/mol. The third-order valence-electron chi connectivity index (χ3n) is 3.29. The number of aromatic nitrogens is 3. The molecule has 3 rings (SSSR count). The van der Waals surface area contributed by atoms with Gasteiger partial charge in [-0.1, -0.05) is 58.7 Å². The molecule has 1 heterocycles. The average Bonchev–Trinajstić information content (AvgIpc) is 3.05. The lowest BCUT2D eigenvalue weighted by Crippen LogP contribution is -2.14. The first-order chi connectivity index (χ1) is 12.0. The summed E-state index contributed by atoms with van der Waals surface area (Å²) in [6.07, 6.45) is 0. The molecule has 1 aromatic heterocycles. The number of H-pyrrole nitrogens is 1. The molecule has 25 heavy (non-hydrogen) atoms. The number of carbonyl (C=O) groups is 1. The normalized spacial score (nSPS) is 10.7. The van der Waals surface area contributed by atoms with Gasteiger partial charge in [0.1, 0.15) is 0 Å². The zero-order valence-corrected chi connectivity index (χ0v) is 15.5. The highest BCUT2D eigenvalue weighted by Gasteiger charge is 2.11. The van der Waals surface area contributed by atoms with Crippen molar-refractivity contribution >= 4 is 46.6 Å². The van der Waals surface area contributed by atoms with Gasteiger partial charge < -0.3 is 5.32 Å². The van der Waals surface area contributed by atoms with Crippen molar-refractivity contribution in [1.82, 2.24) is 15.2 Å². The van der Waals surface area contributed by atoms with Crippen molar-refractivity contribution in [2.24, 2.45) is 0 Å². The fourth-order valence-electron chi connectivity index (χ4n) is 2.14. The monoisotopic (exact) mass is 392 g/mol. The number of aromatic amines is 1. The number of halogens is 2. The standard InChI is InChI=1S/C17H14Cl2N4OS/c1-10-3-2-4-11(7-10)16-21-17(23-22-16)25-9-15(24)20-14-6-5-12(18)8-13(14)19/h2-8H,9H2,1H3,(H,20,24)(H,21,22,23). The van der Waals surface area contributed by atoms with E-state index >= 15 is 0 Å². The summed E-state index contributed by atoms with van der Waals surface area (Å²) in [7, 11) is 0. The van der Waals surface area contributed by atoms with Crippen molar-refractivity contribution in [3.05, 3.63) is 58.1 Å². The van der Waals surface area contributed by atoms with Crippen LogP contribution in [-0.2, 0) is 4.79 Å². The van der Waals surface area contributed by atoms with Crippen LogP contribution in [0.5, 0.6) is 0 Å². The Morgan fingerprint density at radius 3 is 2.84 bits per heavy atom. The quantitative estimate of drug-likeness (QED) is 0.610. The van der Waals surface area contributed by atoms with Crippen LogP contribution in [0.25, 0.3) is 11.4 Å². The van der Waals surface area contributed by atoms with Crippen molar-refractivity contribution in [3.8, 4) is 11.4 Å². The number of anilines is 1. The van der Waals surface area contributed by atoms with E-state index in [1.807, 2.05) is 31.2 Å². The minimum Gasteiger partial charge on any atom is -0.324 e. The number of aryl methyl sites for hydroxylation is 1. The van der Waals surface area contributed by atoms with Crippen LogP contribution in [0.4, 0.5) is 5.69 Å². The van der Waals surface area contributed by atoms with Gasteiger partial charge >= 0.3 is 0 Å². The number of amides is 1. The minimum atomic E-state index is -0.198. The molecule has 0 bridgehead atoms. The molecule has 0 aliphatic heterocycles. The maximum Gasteiger partial charge on any atom is 0.234 e. The summed E-state index contributed by atoms with van der Waals surface area (Å²) in [5, 5.41) is 11.2. The van der Waals surface area contributed by atoms with Crippen molar-refractivity contribution in [3.63, 3.8) is 0 Å². The van der Waals surface area contributed by atoms with Crippen LogP contribution in [0.3, 0.4) is 0 Å². The lowest BCUT2D eigenvalue weighted by Gasteiger charge is -2.06. The first kappa shape index (κ1) is 17.8. The Labute approximate surface area is 159 Å². The van der Waals surface area contributed by atoms with Crippen LogP contribution in [0.1, 0.15) is 5.56 Å². The van der Waals surface area contributed by atoms with Gasteiger partial charge in [0, 0.05) is 10.6 Å². The third kappa shape index (κ3) is 4.75. The van der Waals surface area contributed by atoms with Gasteiger partial charge in [0.15, 0.2) is 5.82 Å². The second kappa shape index (κ2) is 7.91. The Hall–Kier alpha value is -2.02. The van der Waals surface area contributed by atoms with Gasteiger partial charge in [0.25, 0.3) is 0 Å². The Balaban J connectivity index is 1.59. The van der Waals surface area contributed by atoms with Gasteiger partial charge in [-0.15, -0.1) is 5.10 Å². The summed E-state index contributed by atoms with van der Waals surface area (Å²) >= 11 is 13.1. The fourth-order valence-corrected chi connectivity index (χ4v) is 3.19. The number of carbonyl (C=O) groups excluding carboxylic acids is 1. The van der Waals surface area contributed by atoms with Gasteiger partial charge in [-0.25, -0.2) is 4.98 Å². The average molecular weight is 393 g/mol. The summed E-state index contributed by atoms with van der Waals surface area (Å²) in [6.45, 7) is 2.02. The van der Waals surface area contributed by atoms with Gasteiger partial charge in [-0.2, -0.15) is 0 Å². The lowest BCUT2D eigenvalue weighted by molar-refractivity contribution is -0.113. The van der Waals surface area contributed by atoms with E-state index in [-0.39, 0.29) is 11.7 Å². The van der Waals surface area contributed by atoms with E-state index in [1.54, 1.807) is 18.2 Å². The largest absolute Gasteiger partial charge is 0.324 e. The predicted molar refractivity (Wildman–Crippen MR) is 102 cm³/mol. The van der Waals surface area contributed by atoms with Crippen LogP contribution < -0.4 is 5.32 Å². The van der Waals surface area contributed by atoms with E-state index in [9.17, 15) is 4.79 Å². The number of nitrogens with zero attached hydrogens (tertiary/aromatic N) is 2. The van der Waals surface area contributed by atoms with E-state index in [0.717, 1.165) is 11.1 Å². The van der Waals surface area contributed by atoms with E-state index in [0.29, 0.717) is 26.7 Å². The van der Waals surface area contributed by atoms with Crippen molar-refractivity contribution in [2.45, 2.75) is 12.1 Å². The highest BCUT2D eigenvalue weighted by atomic mass is 35.5. The zero-order valence-electron chi connectivity index (χ0n) is 13.2. The number of rotatable bonds is 5. The molecule has 0 saturated heterocycles. The van der Waals surface area contributed by atoms with Crippen LogP contribution >= 0.6 is 35.0 Å². The fraction of sp³-hybridized carbons (Fsp3) is 0.118. The molecule has 0 fully saturated rings. The molecule has 1 amide bonds. The number of nitrogens with one attached hydrogen (secondary N) is 2. The van der Waals surface area contributed by atoms with Crippen LogP contribution in [-0.4, -0.2) is 26.8 Å². The van der Waals surface area contributed by atoms with Crippen LogP contribution in [0.15, 0.2) is 47.6 Å². The molecule has 3 aromatic rings. The Morgan fingerprint density at radius 2 is 2.08 bits per heavy atom. The molecule has 8 heteroatoms. The van der Waals surface area contributed by atoms with Crippen LogP contribution in [0, 0.1) is 6.92 Å². The first-order valence-electron chi connectivity index (χ1n) is 7.38. The Morgan fingerprint density at radius 1 is 1.24 bits per heavy atom. The van der Waals surface area contributed by atoms with Crippen LogP contribution in [0.2, 0.25) is 10.0 Å². The smallest absolute Gasteiger partial charge is 0.234 e. The number of hydrogen-bond acceptors (Lipinski definition) is 4. The number of thioether (sulfide) groups is 1. The van der Waals surface area contributed by atoms with Gasteiger partial charge in [-0.3, -0.25) is 9.89 Å². The Bertz CT molecular complexity index is 913. The van der Waals surface area contributed by atoms with Crippen molar-refractivity contribution in [2.75, 3.05) is 11.1 Å². The summed E-state index contributed by atoms with van der Waals surface area (Å²) in [5.41, 5.74) is 2.62. The van der Waals surface area contributed by atoms with Gasteiger partial charge in [0.05, 0.1) is 16.5 Å². The molecular formula is C17H14Cl2N4OS.